The van der Waals surface area contributed by atoms with E-state index in [1.54, 1.807) is 23.1 Å². The number of carbonyl (C=O) groups is 2. The van der Waals surface area contributed by atoms with Gasteiger partial charge in [-0.25, -0.2) is 4.98 Å². The van der Waals surface area contributed by atoms with Gasteiger partial charge in [0.2, 0.25) is 11.8 Å². The summed E-state index contributed by atoms with van der Waals surface area (Å²) in [5.41, 5.74) is 3.28. The maximum atomic E-state index is 12.7. The number of rotatable bonds is 4. The molecule has 0 aliphatic carbocycles. The molecular weight excluding hydrogens is 378 g/mol. The number of fused-ring (bicyclic) bond motifs is 1. The van der Waals surface area contributed by atoms with Crippen LogP contribution in [0.15, 0.2) is 63.1 Å². The van der Waals surface area contributed by atoms with Gasteiger partial charge in [0.15, 0.2) is 4.34 Å². The Kier molecular flexibility index (Phi) is 4.96. The van der Waals surface area contributed by atoms with Crippen LogP contribution in [0.4, 0.5) is 11.4 Å². The fourth-order valence-corrected chi connectivity index (χ4v) is 4.77. The molecule has 0 bridgehead atoms. The number of nitrogens with zero attached hydrogens (tertiary/aromatic N) is 1. The van der Waals surface area contributed by atoms with E-state index in [0.29, 0.717) is 11.4 Å². The number of thiazole rings is 1. The van der Waals surface area contributed by atoms with Crippen LogP contribution in [-0.2, 0) is 9.59 Å². The monoisotopic (exact) mass is 395 g/mol. The van der Waals surface area contributed by atoms with Crippen LogP contribution in [-0.4, -0.2) is 16.8 Å². The van der Waals surface area contributed by atoms with Crippen molar-refractivity contribution in [2.75, 3.05) is 10.6 Å². The Bertz CT molecular complexity index is 998. The third-order valence-electron chi connectivity index (χ3n) is 4.24. The summed E-state index contributed by atoms with van der Waals surface area (Å²) in [6.45, 7) is 1.98. The normalized spacial score (nSPS) is 15.7. The van der Waals surface area contributed by atoms with E-state index in [4.69, 9.17) is 0 Å². The summed E-state index contributed by atoms with van der Waals surface area (Å²) in [6, 6.07) is 15.1. The van der Waals surface area contributed by atoms with Crippen molar-refractivity contribution in [3.63, 3.8) is 0 Å². The second-order valence-electron chi connectivity index (χ2n) is 6.26. The van der Waals surface area contributed by atoms with Gasteiger partial charge in [-0.15, -0.1) is 11.3 Å². The minimum atomic E-state index is -0.484. The van der Waals surface area contributed by atoms with Gasteiger partial charge in [-0.3, -0.25) is 9.59 Å². The zero-order valence-electron chi connectivity index (χ0n) is 14.6. The summed E-state index contributed by atoms with van der Waals surface area (Å²) in [5.74, 6) is -0.796. The molecule has 1 aromatic heterocycles. The fraction of sp³-hybridized carbons (Fsp3) is 0.150. The SMILES string of the molecule is Cc1csc(Sc2ccc(NC(=O)C3CC(=O)Nc4ccccc43)cc2)n1. The minimum absolute atomic E-state index is 0.140. The van der Waals surface area contributed by atoms with Crippen molar-refractivity contribution in [2.45, 2.75) is 28.5 Å². The topological polar surface area (TPSA) is 71.1 Å². The smallest absolute Gasteiger partial charge is 0.232 e. The third-order valence-corrected chi connectivity index (χ3v) is 6.31. The van der Waals surface area contributed by atoms with E-state index < -0.39 is 5.92 Å². The summed E-state index contributed by atoms with van der Waals surface area (Å²) in [7, 11) is 0. The van der Waals surface area contributed by atoms with E-state index in [0.717, 1.165) is 20.5 Å². The largest absolute Gasteiger partial charge is 0.326 e. The Balaban J connectivity index is 1.46. The summed E-state index contributed by atoms with van der Waals surface area (Å²) >= 11 is 3.21. The molecule has 3 aromatic rings. The third kappa shape index (κ3) is 4.04. The number of anilines is 2. The molecule has 4 rings (SSSR count). The summed E-state index contributed by atoms with van der Waals surface area (Å²) in [5, 5.41) is 7.76. The van der Waals surface area contributed by atoms with Crippen LogP contribution >= 0.6 is 23.1 Å². The first-order valence-electron chi connectivity index (χ1n) is 8.48. The molecule has 1 unspecified atom stereocenters. The highest BCUT2D eigenvalue weighted by molar-refractivity contribution is 8.01. The van der Waals surface area contributed by atoms with Crippen molar-refractivity contribution in [1.82, 2.24) is 4.98 Å². The molecule has 5 nitrogen and oxygen atoms in total. The maximum absolute atomic E-state index is 12.7. The van der Waals surface area contributed by atoms with Gasteiger partial charge in [-0.05, 0) is 42.8 Å². The van der Waals surface area contributed by atoms with Crippen LogP contribution in [0.3, 0.4) is 0 Å². The molecule has 0 saturated heterocycles. The van der Waals surface area contributed by atoms with Crippen molar-refractivity contribution in [2.24, 2.45) is 0 Å². The van der Waals surface area contributed by atoms with Crippen LogP contribution in [0.5, 0.6) is 0 Å². The van der Waals surface area contributed by atoms with Crippen molar-refractivity contribution >= 4 is 46.3 Å². The Morgan fingerprint density at radius 1 is 1.22 bits per heavy atom. The summed E-state index contributed by atoms with van der Waals surface area (Å²) < 4.78 is 0.995. The van der Waals surface area contributed by atoms with Gasteiger partial charge in [-0.1, -0.05) is 30.0 Å². The predicted octanol–water partition coefficient (Wildman–Crippen LogP) is 4.67. The van der Waals surface area contributed by atoms with Gasteiger partial charge in [0, 0.05) is 33.8 Å². The van der Waals surface area contributed by atoms with Gasteiger partial charge >= 0.3 is 0 Å². The Morgan fingerprint density at radius 3 is 2.74 bits per heavy atom. The lowest BCUT2D eigenvalue weighted by Gasteiger charge is -2.24. The molecule has 0 radical (unpaired) electrons. The van der Waals surface area contributed by atoms with Gasteiger partial charge < -0.3 is 10.6 Å². The Morgan fingerprint density at radius 2 is 2.00 bits per heavy atom. The van der Waals surface area contributed by atoms with Crippen LogP contribution in [0, 0.1) is 6.92 Å². The van der Waals surface area contributed by atoms with Gasteiger partial charge in [-0.2, -0.15) is 0 Å². The van der Waals surface area contributed by atoms with Gasteiger partial charge in [0.05, 0.1) is 5.92 Å². The van der Waals surface area contributed by atoms with E-state index in [-0.39, 0.29) is 18.2 Å². The highest BCUT2D eigenvalue weighted by atomic mass is 32.2. The number of nitrogens with one attached hydrogen (secondary N) is 2. The molecule has 2 amide bonds. The minimum Gasteiger partial charge on any atom is -0.326 e. The zero-order valence-corrected chi connectivity index (χ0v) is 16.2. The predicted molar refractivity (Wildman–Crippen MR) is 108 cm³/mol. The molecular formula is C20H17N3O2S2. The van der Waals surface area contributed by atoms with Crippen molar-refractivity contribution in [3.05, 3.63) is 65.2 Å². The number of carbonyl (C=O) groups excluding carboxylic acids is 2. The number of hydrogen-bond donors (Lipinski definition) is 2. The molecule has 27 heavy (non-hydrogen) atoms. The molecule has 2 aromatic carbocycles. The van der Waals surface area contributed by atoms with E-state index in [2.05, 4.69) is 15.6 Å². The van der Waals surface area contributed by atoms with Gasteiger partial charge in [0.25, 0.3) is 0 Å². The quantitative estimate of drug-likeness (QED) is 0.674. The number of aromatic nitrogens is 1. The Labute approximate surface area is 165 Å². The average molecular weight is 396 g/mol. The second kappa shape index (κ2) is 7.54. The number of aryl methyl sites for hydroxylation is 1. The van der Waals surface area contributed by atoms with Crippen LogP contribution in [0.2, 0.25) is 0 Å². The van der Waals surface area contributed by atoms with Crippen molar-refractivity contribution in [3.8, 4) is 0 Å². The highest BCUT2D eigenvalue weighted by Gasteiger charge is 2.30. The average Bonchev–Trinajstić information content (AvgIpc) is 3.07. The number of hydrogen-bond acceptors (Lipinski definition) is 5. The molecule has 2 heterocycles. The molecule has 0 fully saturated rings. The standard InChI is InChI=1S/C20H17N3O2S2/c1-12-11-26-20(21-12)27-14-8-6-13(7-9-14)22-19(25)16-10-18(24)23-17-5-3-2-4-15(16)17/h2-9,11,16H,10H2,1H3,(H,22,25)(H,23,24). The lowest BCUT2D eigenvalue weighted by Crippen LogP contribution is -2.30. The lowest BCUT2D eigenvalue weighted by atomic mass is 9.90. The summed E-state index contributed by atoms with van der Waals surface area (Å²) in [6.07, 6.45) is 0.153. The highest BCUT2D eigenvalue weighted by Crippen LogP contribution is 2.34. The van der Waals surface area contributed by atoms with Crippen LogP contribution in [0.1, 0.15) is 23.6 Å². The zero-order chi connectivity index (χ0) is 18.8. The fourth-order valence-electron chi connectivity index (χ4n) is 2.96. The van der Waals surface area contributed by atoms with E-state index in [9.17, 15) is 9.59 Å². The molecule has 2 N–H and O–H groups in total. The Hall–Kier alpha value is -2.64. The van der Waals surface area contributed by atoms with Crippen molar-refractivity contribution in [1.29, 1.82) is 0 Å². The molecule has 0 spiro atoms. The molecule has 1 aliphatic rings. The first-order chi connectivity index (χ1) is 13.1. The van der Waals surface area contributed by atoms with Crippen molar-refractivity contribution < 1.29 is 9.59 Å². The molecule has 7 heteroatoms. The molecule has 0 saturated carbocycles. The molecule has 1 atom stereocenters. The van der Waals surface area contributed by atoms with Gasteiger partial charge in [0.1, 0.15) is 0 Å². The molecule has 1 aliphatic heterocycles. The first kappa shape index (κ1) is 17.8. The maximum Gasteiger partial charge on any atom is 0.232 e. The van der Waals surface area contributed by atoms with E-state index in [1.165, 1.54) is 0 Å². The van der Waals surface area contributed by atoms with Crippen LogP contribution in [0.25, 0.3) is 0 Å². The number of benzene rings is 2. The first-order valence-corrected chi connectivity index (χ1v) is 10.2. The molecule has 136 valence electrons. The summed E-state index contributed by atoms with van der Waals surface area (Å²) in [4.78, 5) is 30.2. The van der Waals surface area contributed by atoms with Crippen LogP contribution < -0.4 is 10.6 Å². The van der Waals surface area contributed by atoms with E-state index >= 15 is 0 Å². The number of amides is 2. The number of para-hydroxylation sites is 1. The second-order valence-corrected chi connectivity index (χ2v) is 8.44. The lowest BCUT2D eigenvalue weighted by molar-refractivity contribution is -0.123. The van der Waals surface area contributed by atoms with E-state index in [1.807, 2.05) is 60.8 Å².